The summed E-state index contributed by atoms with van der Waals surface area (Å²) in [4.78, 5) is 9.73. The van der Waals surface area contributed by atoms with E-state index in [0.717, 1.165) is 12.8 Å². The molecular formula is C6H9NO. The Morgan fingerprint density at radius 1 is 1.62 bits per heavy atom. The van der Waals surface area contributed by atoms with Crippen molar-refractivity contribution in [1.29, 1.82) is 0 Å². The van der Waals surface area contributed by atoms with Gasteiger partial charge in [0, 0.05) is 6.04 Å². The summed E-state index contributed by atoms with van der Waals surface area (Å²) < 4.78 is 0. The molecule has 44 valence electrons. The smallest absolute Gasteiger partial charge is 0.142 e. The monoisotopic (exact) mass is 111 g/mol. The Morgan fingerprint density at radius 3 is 2.75 bits per heavy atom. The molecule has 0 aromatic carbocycles. The highest BCUT2D eigenvalue weighted by Crippen LogP contribution is 2.01. The highest BCUT2D eigenvalue weighted by Gasteiger charge is 2.10. The third kappa shape index (κ3) is 1.17. The van der Waals surface area contributed by atoms with Crippen molar-refractivity contribution in [3.8, 4) is 0 Å². The molecule has 0 saturated carbocycles. The average Bonchev–Trinajstić information content (AvgIpc) is 1.63. The summed E-state index contributed by atoms with van der Waals surface area (Å²) in [6.07, 6.45) is 5.40. The second-order valence-electron chi connectivity index (χ2n) is 1.87. The van der Waals surface area contributed by atoms with Gasteiger partial charge in [-0.05, 0) is 19.0 Å². The zero-order valence-electron chi connectivity index (χ0n) is 4.63. The molecule has 1 heterocycles. The van der Waals surface area contributed by atoms with Crippen LogP contribution in [-0.4, -0.2) is 18.9 Å². The average molecular weight is 111 g/mol. The number of hydrogen-bond acceptors (Lipinski definition) is 2. The first-order valence-electron chi connectivity index (χ1n) is 2.79. The molecule has 1 atom stereocenters. The van der Waals surface area contributed by atoms with Gasteiger partial charge < -0.3 is 5.32 Å². The molecule has 0 aromatic heterocycles. The number of carbonyl (C=O) groups excluding carboxylic acids is 1. The van der Waals surface area contributed by atoms with Crippen molar-refractivity contribution < 1.29 is 4.79 Å². The van der Waals surface area contributed by atoms with E-state index in [1.807, 2.05) is 6.08 Å². The maximum atomic E-state index is 9.73. The van der Waals surface area contributed by atoms with Gasteiger partial charge in [0.15, 0.2) is 0 Å². The Labute approximate surface area is 48.6 Å². The van der Waals surface area contributed by atoms with Crippen LogP contribution in [0.1, 0.15) is 6.42 Å². The van der Waals surface area contributed by atoms with Crippen molar-refractivity contribution >= 4 is 6.29 Å². The zero-order valence-corrected chi connectivity index (χ0v) is 4.63. The van der Waals surface area contributed by atoms with Crippen LogP contribution in [-0.2, 0) is 4.79 Å². The maximum Gasteiger partial charge on any atom is 0.142 e. The van der Waals surface area contributed by atoms with Crippen LogP contribution in [0.5, 0.6) is 0 Å². The molecule has 1 saturated heterocycles. The highest BCUT2D eigenvalue weighted by molar-refractivity contribution is 5.64. The summed E-state index contributed by atoms with van der Waals surface area (Å²) in [5.74, 6) is 0. The van der Waals surface area contributed by atoms with Crippen LogP contribution < -0.4 is 5.32 Å². The summed E-state index contributed by atoms with van der Waals surface area (Å²) >= 11 is 0. The van der Waals surface area contributed by atoms with Crippen LogP contribution in [0.2, 0.25) is 0 Å². The summed E-state index contributed by atoms with van der Waals surface area (Å²) in [6, 6.07) is 0.472. The van der Waals surface area contributed by atoms with Crippen LogP contribution >= 0.6 is 0 Å². The summed E-state index contributed by atoms with van der Waals surface area (Å²) in [6.45, 7) is 1.09. The molecule has 1 aliphatic heterocycles. The molecule has 0 aliphatic carbocycles. The van der Waals surface area contributed by atoms with E-state index in [1.165, 1.54) is 12.5 Å². The predicted molar refractivity (Wildman–Crippen MR) is 31.6 cm³/mol. The second-order valence-corrected chi connectivity index (χ2v) is 1.87. The minimum absolute atomic E-state index is 0.472. The van der Waals surface area contributed by atoms with Gasteiger partial charge in [-0.3, -0.25) is 4.79 Å². The van der Waals surface area contributed by atoms with Crippen LogP contribution in [0, 0.1) is 0 Å². The SMILES string of the molecule is O=C/C=C/C1CCN1. The highest BCUT2D eigenvalue weighted by atomic mass is 16.1. The number of hydrogen-bond donors (Lipinski definition) is 1. The quantitative estimate of drug-likeness (QED) is 0.404. The topological polar surface area (TPSA) is 29.1 Å². The minimum Gasteiger partial charge on any atom is -0.310 e. The van der Waals surface area contributed by atoms with Gasteiger partial charge >= 0.3 is 0 Å². The van der Waals surface area contributed by atoms with E-state index in [-0.39, 0.29) is 0 Å². The fourth-order valence-electron chi connectivity index (χ4n) is 0.655. The molecule has 8 heavy (non-hydrogen) atoms. The Kier molecular flexibility index (Phi) is 1.80. The number of aldehydes is 1. The fraction of sp³-hybridized carbons (Fsp3) is 0.500. The molecule has 2 heteroatoms. The van der Waals surface area contributed by atoms with Crippen molar-refractivity contribution in [3.05, 3.63) is 12.2 Å². The molecule has 1 unspecified atom stereocenters. The number of nitrogens with one attached hydrogen (secondary N) is 1. The van der Waals surface area contributed by atoms with E-state index >= 15 is 0 Å². The van der Waals surface area contributed by atoms with Gasteiger partial charge in [-0.25, -0.2) is 0 Å². The molecule has 0 aromatic rings. The molecule has 1 aliphatic rings. The summed E-state index contributed by atoms with van der Waals surface area (Å²) in [7, 11) is 0. The molecule has 0 amide bonds. The first kappa shape index (κ1) is 5.51. The van der Waals surface area contributed by atoms with Gasteiger partial charge in [-0.15, -0.1) is 0 Å². The van der Waals surface area contributed by atoms with Crippen molar-refractivity contribution in [1.82, 2.24) is 5.32 Å². The van der Waals surface area contributed by atoms with Gasteiger partial charge in [0.25, 0.3) is 0 Å². The molecule has 1 rings (SSSR count). The molecule has 0 radical (unpaired) electrons. The van der Waals surface area contributed by atoms with E-state index < -0.39 is 0 Å². The largest absolute Gasteiger partial charge is 0.310 e. The summed E-state index contributed by atoms with van der Waals surface area (Å²) in [5.41, 5.74) is 0. The lowest BCUT2D eigenvalue weighted by molar-refractivity contribution is -0.104. The molecule has 1 N–H and O–H groups in total. The normalized spacial score (nSPS) is 27.8. The Hall–Kier alpha value is -0.630. The lowest BCUT2D eigenvalue weighted by Crippen LogP contribution is -2.41. The summed E-state index contributed by atoms with van der Waals surface area (Å²) in [5, 5.41) is 3.13. The Bertz CT molecular complexity index is 105. The molecule has 0 bridgehead atoms. The van der Waals surface area contributed by atoms with Crippen LogP contribution in [0.25, 0.3) is 0 Å². The van der Waals surface area contributed by atoms with E-state index in [0.29, 0.717) is 6.04 Å². The van der Waals surface area contributed by atoms with Crippen LogP contribution in [0.3, 0.4) is 0 Å². The number of rotatable bonds is 2. The third-order valence-electron chi connectivity index (χ3n) is 1.28. The predicted octanol–water partition coefficient (Wildman–Crippen LogP) is 0.103. The lowest BCUT2D eigenvalue weighted by Gasteiger charge is -2.23. The number of allylic oxidation sites excluding steroid dienone is 1. The van der Waals surface area contributed by atoms with Gasteiger partial charge in [0.05, 0.1) is 0 Å². The van der Waals surface area contributed by atoms with Crippen LogP contribution in [0.15, 0.2) is 12.2 Å². The van der Waals surface area contributed by atoms with E-state index in [2.05, 4.69) is 5.32 Å². The van der Waals surface area contributed by atoms with Gasteiger partial charge in [-0.1, -0.05) is 6.08 Å². The first-order chi connectivity index (χ1) is 3.93. The molecule has 2 nitrogen and oxygen atoms in total. The second kappa shape index (κ2) is 2.62. The fourth-order valence-corrected chi connectivity index (χ4v) is 0.655. The first-order valence-corrected chi connectivity index (χ1v) is 2.79. The van der Waals surface area contributed by atoms with E-state index in [9.17, 15) is 4.79 Å². The third-order valence-corrected chi connectivity index (χ3v) is 1.28. The lowest BCUT2D eigenvalue weighted by atomic mass is 10.1. The van der Waals surface area contributed by atoms with Crippen LogP contribution in [0.4, 0.5) is 0 Å². The van der Waals surface area contributed by atoms with E-state index in [4.69, 9.17) is 0 Å². The van der Waals surface area contributed by atoms with Gasteiger partial charge in [-0.2, -0.15) is 0 Å². The maximum absolute atomic E-state index is 9.73. The van der Waals surface area contributed by atoms with Gasteiger partial charge in [0.2, 0.25) is 0 Å². The van der Waals surface area contributed by atoms with Crippen molar-refractivity contribution in [2.24, 2.45) is 0 Å². The molecular weight excluding hydrogens is 102 g/mol. The number of carbonyl (C=O) groups is 1. The van der Waals surface area contributed by atoms with Crippen molar-refractivity contribution in [2.75, 3.05) is 6.54 Å². The molecule has 0 spiro atoms. The van der Waals surface area contributed by atoms with Gasteiger partial charge in [0.1, 0.15) is 6.29 Å². The molecule has 1 fully saturated rings. The van der Waals surface area contributed by atoms with Crippen molar-refractivity contribution in [3.63, 3.8) is 0 Å². The Balaban J connectivity index is 2.16. The van der Waals surface area contributed by atoms with Crippen molar-refractivity contribution in [2.45, 2.75) is 12.5 Å². The standard InChI is InChI=1S/C6H9NO/c8-5-1-2-6-3-4-7-6/h1-2,5-7H,3-4H2/b2-1+. The van der Waals surface area contributed by atoms with E-state index in [1.54, 1.807) is 0 Å². The minimum atomic E-state index is 0.472. The zero-order chi connectivity index (χ0) is 5.82. The Morgan fingerprint density at radius 2 is 2.38 bits per heavy atom.